The highest BCUT2D eigenvalue weighted by Gasteiger charge is 2.25. The molecule has 0 bridgehead atoms. The van der Waals surface area contributed by atoms with Crippen LogP contribution >= 0.6 is 11.6 Å². The van der Waals surface area contributed by atoms with Gasteiger partial charge >= 0.3 is 0 Å². The second-order valence-corrected chi connectivity index (χ2v) is 9.02. The predicted molar refractivity (Wildman–Crippen MR) is 149 cm³/mol. The van der Waals surface area contributed by atoms with E-state index in [4.69, 9.17) is 27.3 Å². The average Bonchev–Trinajstić information content (AvgIpc) is 3.08. The summed E-state index contributed by atoms with van der Waals surface area (Å²) in [4.78, 5) is 25.9. The number of hydrogen-bond acceptors (Lipinski definition) is 7. The van der Waals surface area contributed by atoms with Crippen LogP contribution in [0.4, 0.5) is 21.7 Å². The quantitative estimate of drug-likeness (QED) is 0.274. The molecular formula is C28H25ClFN7O. The fourth-order valence-electron chi connectivity index (χ4n) is 4.30. The van der Waals surface area contributed by atoms with Crippen LogP contribution in [-0.4, -0.2) is 41.7 Å². The maximum atomic E-state index is 15.3. The number of nitrogens with one attached hydrogen (secondary N) is 3. The van der Waals surface area contributed by atoms with Gasteiger partial charge in [0.15, 0.2) is 0 Å². The summed E-state index contributed by atoms with van der Waals surface area (Å²) in [6.45, 7) is 1.13. The molecule has 8 nitrogen and oxygen atoms in total. The molecule has 1 aromatic heterocycles. The molecule has 3 aromatic carbocycles. The van der Waals surface area contributed by atoms with Gasteiger partial charge in [0.25, 0.3) is 5.91 Å². The largest absolute Gasteiger partial charge is 0.383 e. The second kappa shape index (κ2) is 11.0. The number of amides is 1. The van der Waals surface area contributed by atoms with E-state index in [0.717, 1.165) is 16.8 Å². The highest BCUT2D eigenvalue weighted by atomic mass is 35.5. The van der Waals surface area contributed by atoms with E-state index < -0.39 is 5.82 Å². The third-order valence-corrected chi connectivity index (χ3v) is 6.34. The van der Waals surface area contributed by atoms with Gasteiger partial charge in [0, 0.05) is 65.0 Å². The lowest BCUT2D eigenvalue weighted by atomic mass is 9.94. The van der Waals surface area contributed by atoms with Gasteiger partial charge in [0.2, 0.25) is 5.95 Å². The molecule has 0 saturated heterocycles. The van der Waals surface area contributed by atoms with Crippen LogP contribution in [0.5, 0.6) is 0 Å². The number of rotatable bonds is 7. The number of carbonyl (C=O) groups excluding carboxylic acids is 1. The summed E-state index contributed by atoms with van der Waals surface area (Å²) >= 11 is 6.40. The maximum absolute atomic E-state index is 15.3. The molecule has 192 valence electrons. The number of carbonyl (C=O) groups is 1. The molecular weight excluding hydrogens is 505 g/mol. The Labute approximate surface area is 224 Å². The molecule has 10 heteroatoms. The summed E-state index contributed by atoms with van der Waals surface area (Å²) in [5, 5.41) is 9.48. The van der Waals surface area contributed by atoms with E-state index in [1.807, 2.05) is 6.07 Å². The van der Waals surface area contributed by atoms with Crippen molar-refractivity contribution in [1.82, 2.24) is 15.3 Å². The summed E-state index contributed by atoms with van der Waals surface area (Å²) in [6, 6.07) is 17.3. The van der Waals surface area contributed by atoms with Crippen LogP contribution in [0.25, 0.3) is 11.3 Å². The summed E-state index contributed by atoms with van der Waals surface area (Å²) in [7, 11) is 1.59. The first-order valence-corrected chi connectivity index (χ1v) is 12.4. The molecule has 0 saturated carbocycles. The normalized spacial score (nSPS) is 12.1. The minimum atomic E-state index is -0.406. The first kappa shape index (κ1) is 25.3. The van der Waals surface area contributed by atoms with Crippen molar-refractivity contribution in [2.45, 2.75) is 6.54 Å². The second-order valence-electron chi connectivity index (χ2n) is 8.58. The molecule has 1 aliphatic rings. The highest BCUT2D eigenvalue weighted by molar-refractivity contribution is 6.32. The van der Waals surface area contributed by atoms with Gasteiger partial charge in [-0.05, 0) is 48.5 Å². The Kier molecular flexibility index (Phi) is 7.30. The van der Waals surface area contributed by atoms with E-state index in [2.05, 4.69) is 20.9 Å². The number of anilines is 3. The van der Waals surface area contributed by atoms with Crippen molar-refractivity contribution in [3.8, 4) is 11.3 Å². The highest BCUT2D eigenvalue weighted by Crippen LogP contribution is 2.35. The third-order valence-electron chi connectivity index (χ3n) is 6.10. The maximum Gasteiger partial charge on any atom is 0.251 e. The Morgan fingerprint density at radius 1 is 1.11 bits per heavy atom. The zero-order valence-electron chi connectivity index (χ0n) is 20.6. The lowest BCUT2D eigenvalue weighted by Gasteiger charge is -2.16. The number of fused-ring (bicyclic) bond motifs is 3. The van der Waals surface area contributed by atoms with Crippen molar-refractivity contribution < 1.29 is 9.18 Å². The standard InChI is InChI=1S/C28H25ClFN7O/c1-32-27(38)16-5-8-19(9-6-16)36-28-35-15-17-14-34-26(21-13-18(29)7-10-20(21)25(17)37-28)24-22(30)3-2-4-23(24)33-12-11-31/h2-10,13,15,33H,11-12,14,31H2,1H3,(H,32,38)(H,35,36,37). The van der Waals surface area contributed by atoms with Crippen LogP contribution in [-0.2, 0) is 6.54 Å². The van der Waals surface area contributed by atoms with Crippen molar-refractivity contribution in [3.05, 3.63) is 100.0 Å². The summed E-state index contributed by atoms with van der Waals surface area (Å²) in [5.41, 5.74) is 11.2. The fraction of sp³-hybridized carbons (Fsp3) is 0.143. The Hall–Kier alpha value is -4.34. The number of aliphatic imine (C=N–C) groups is 1. The summed E-state index contributed by atoms with van der Waals surface area (Å²) in [6.07, 6.45) is 1.71. The molecule has 5 rings (SSSR count). The van der Waals surface area contributed by atoms with Crippen LogP contribution in [0, 0.1) is 5.82 Å². The first-order chi connectivity index (χ1) is 18.5. The number of nitrogens with two attached hydrogens (primary N) is 1. The monoisotopic (exact) mass is 529 g/mol. The van der Waals surface area contributed by atoms with Gasteiger partial charge < -0.3 is 21.7 Å². The number of benzene rings is 3. The van der Waals surface area contributed by atoms with E-state index in [1.165, 1.54) is 6.07 Å². The molecule has 0 radical (unpaired) electrons. The van der Waals surface area contributed by atoms with Crippen molar-refractivity contribution in [3.63, 3.8) is 0 Å². The number of halogens is 2. The van der Waals surface area contributed by atoms with Crippen LogP contribution in [0.1, 0.15) is 27.0 Å². The van der Waals surface area contributed by atoms with E-state index in [-0.39, 0.29) is 12.5 Å². The molecule has 5 N–H and O–H groups in total. The van der Waals surface area contributed by atoms with E-state index >= 15 is 4.39 Å². The molecule has 0 fully saturated rings. The van der Waals surface area contributed by atoms with E-state index in [0.29, 0.717) is 57.8 Å². The lowest BCUT2D eigenvalue weighted by molar-refractivity contribution is 0.0963. The van der Waals surface area contributed by atoms with Crippen molar-refractivity contribution >= 4 is 40.5 Å². The minimum Gasteiger partial charge on any atom is -0.383 e. The molecule has 0 unspecified atom stereocenters. The van der Waals surface area contributed by atoms with Crippen LogP contribution < -0.4 is 21.7 Å². The van der Waals surface area contributed by atoms with Crippen molar-refractivity contribution in [1.29, 1.82) is 0 Å². The number of hydrogen-bond donors (Lipinski definition) is 4. The van der Waals surface area contributed by atoms with Crippen molar-refractivity contribution in [2.24, 2.45) is 10.7 Å². The van der Waals surface area contributed by atoms with Crippen LogP contribution in [0.2, 0.25) is 5.02 Å². The molecule has 2 heterocycles. The Morgan fingerprint density at radius 2 is 1.92 bits per heavy atom. The van der Waals surface area contributed by atoms with Gasteiger partial charge in [-0.2, -0.15) is 0 Å². The van der Waals surface area contributed by atoms with Gasteiger partial charge in [-0.15, -0.1) is 0 Å². The predicted octanol–water partition coefficient (Wildman–Crippen LogP) is 4.76. The molecule has 1 amide bonds. The van der Waals surface area contributed by atoms with Gasteiger partial charge in [-0.1, -0.05) is 23.7 Å². The van der Waals surface area contributed by atoms with Gasteiger partial charge in [0.05, 0.1) is 23.5 Å². The number of nitrogens with zero attached hydrogens (tertiary/aromatic N) is 3. The van der Waals surface area contributed by atoms with Crippen LogP contribution in [0.3, 0.4) is 0 Å². The zero-order chi connectivity index (χ0) is 26.6. The lowest BCUT2D eigenvalue weighted by Crippen LogP contribution is -2.17. The van der Waals surface area contributed by atoms with E-state index in [9.17, 15) is 4.79 Å². The summed E-state index contributed by atoms with van der Waals surface area (Å²) < 4.78 is 15.3. The smallest absolute Gasteiger partial charge is 0.251 e. The molecule has 0 aliphatic carbocycles. The topological polar surface area (TPSA) is 117 Å². The first-order valence-electron chi connectivity index (χ1n) is 12.0. The van der Waals surface area contributed by atoms with Gasteiger partial charge in [-0.25, -0.2) is 14.4 Å². The molecule has 1 aliphatic heterocycles. The fourth-order valence-corrected chi connectivity index (χ4v) is 4.47. The van der Waals surface area contributed by atoms with Crippen LogP contribution in [0.15, 0.2) is 71.9 Å². The van der Waals surface area contributed by atoms with E-state index in [1.54, 1.807) is 61.8 Å². The Balaban J connectivity index is 1.56. The molecule has 0 spiro atoms. The molecule has 0 atom stereocenters. The van der Waals surface area contributed by atoms with Crippen molar-refractivity contribution in [2.75, 3.05) is 30.8 Å². The SMILES string of the molecule is CNC(=O)c1ccc(Nc2ncc3c(n2)-c2ccc(Cl)cc2C(c2c(F)cccc2NCCN)=NC3)cc1. The molecule has 38 heavy (non-hydrogen) atoms. The third kappa shape index (κ3) is 5.06. The van der Waals surface area contributed by atoms with Gasteiger partial charge in [0.1, 0.15) is 5.82 Å². The summed E-state index contributed by atoms with van der Waals surface area (Å²) in [5.74, 6) is -0.201. The minimum absolute atomic E-state index is 0.167. The Morgan fingerprint density at radius 3 is 2.68 bits per heavy atom. The zero-order valence-corrected chi connectivity index (χ0v) is 21.3. The van der Waals surface area contributed by atoms with Gasteiger partial charge in [-0.3, -0.25) is 9.79 Å². The average molecular weight is 530 g/mol. The number of aromatic nitrogens is 2. The Bertz CT molecular complexity index is 1540. The molecule has 4 aromatic rings.